The SMILES string of the molecule is Cc1cncc(CN2CCN(C(C)(C)C#N)CC2)c1. The molecule has 1 saturated heterocycles. The maximum atomic E-state index is 9.16. The second-order valence-corrected chi connectivity index (χ2v) is 5.80. The Morgan fingerprint density at radius 3 is 2.53 bits per heavy atom. The molecule has 0 aliphatic carbocycles. The van der Waals surface area contributed by atoms with E-state index in [1.165, 1.54) is 11.1 Å². The quantitative estimate of drug-likeness (QED) is 0.829. The van der Waals surface area contributed by atoms with Crippen LogP contribution in [0.1, 0.15) is 25.0 Å². The second kappa shape index (κ2) is 5.68. The molecule has 1 aromatic heterocycles. The lowest BCUT2D eigenvalue weighted by Gasteiger charge is -2.40. The molecule has 0 unspecified atom stereocenters. The molecule has 4 heteroatoms. The normalized spacial score (nSPS) is 18.2. The molecule has 1 fully saturated rings. The van der Waals surface area contributed by atoms with E-state index in [9.17, 15) is 0 Å². The van der Waals surface area contributed by atoms with Crippen LogP contribution in [0, 0.1) is 18.3 Å². The molecule has 102 valence electrons. The maximum Gasteiger partial charge on any atom is 0.103 e. The number of aryl methyl sites for hydroxylation is 1. The molecule has 0 amide bonds. The van der Waals surface area contributed by atoms with E-state index in [4.69, 9.17) is 5.26 Å². The Morgan fingerprint density at radius 2 is 1.95 bits per heavy atom. The molecule has 0 radical (unpaired) electrons. The van der Waals surface area contributed by atoms with Crippen LogP contribution in [0.3, 0.4) is 0 Å². The van der Waals surface area contributed by atoms with Crippen LogP contribution in [-0.4, -0.2) is 46.5 Å². The third kappa shape index (κ3) is 3.52. The molecule has 0 aromatic carbocycles. The van der Waals surface area contributed by atoms with Gasteiger partial charge in [0.05, 0.1) is 6.07 Å². The molecule has 4 nitrogen and oxygen atoms in total. The fourth-order valence-electron chi connectivity index (χ4n) is 2.50. The van der Waals surface area contributed by atoms with E-state index < -0.39 is 0 Å². The van der Waals surface area contributed by atoms with Gasteiger partial charge in [-0.2, -0.15) is 5.26 Å². The summed E-state index contributed by atoms with van der Waals surface area (Å²) < 4.78 is 0. The summed E-state index contributed by atoms with van der Waals surface area (Å²) in [7, 11) is 0. The molecule has 2 heterocycles. The van der Waals surface area contributed by atoms with Gasteiger partial charge in [0.25, 0.3) is 0 Å². The van der Waals surface area contributed by atoms with E-state index in [0.29, 0.717) is 0 Å². The Balaban J connectivity index is 1.89. The van der Waals surface area contributed by atoms with E-state index in [1.807, 2.05) is 26.2 Å². The number of pyridine rings is 1. The maximum absolute atomic E-state index is 9.16. The van der Waals surface area contributed by atoms with Crippen molar-refractivity contribution in [2.75, 3.05) is 26.2 Å². The first kappa shape index (κ1) is 14.0. The standard InChI is InChI=1S/C15H22N4/c1-13-8-14(10-17-9-13)11-18-4-6-19(7-5-18)15(2,3)12-16/h8-10H,4-7,11H2,1-3H3. The summed E-state index contributed by atoms with van der Waals surface area (Å²) in [5.41, 5.74) is 2.13. The average Bonchev–Trinajstić information content (AvgIpc) is 2.39. The first-order valence-corrected chi connectivity index (χ1v) is 6.80. The fourth-order valence-corrected chi connectivity index (χ4v) is 2.50. The van der Waals surface area contributed by atoms with Crippen molar-refractivity contribution >= 4 is 0 Å². The first-order chi connectivity index (χ1) is 9.01. The van der Waals surface area contributed by atoms with Gasteiger partial charge in [-0.25, -0.2) is 0 Å². The number of hydrogen-bond acceptors (Lipinski definition) is 4. The zero-order chi connectivity index (χ0) is 13.9. The summed E-state index contributed by atoms with van der Waals surface area (Å²) in [4.78, 5) is 8.93. The van der Waals surface area contributed by atoms with Gasteiger partial charge in [0, 0.05) is 45.1 Å². The van der Waals surface area contributed by atoms with E-state index in [-0.39, 0.29) is 5.54 Å². The van der Waals surface area contributed by atoms with Crippen molar-refractivity contribution in [3.05, 3.63) is 29.6 Å². The summed E-state index contributed by atoms with van der Waals surface area (Å²) in [6.45, 7) is 11.0. The number of aromatic nitrogens is 1. The summed E-state index contributed by atoms with van der Waals surface area (Å²) in [6, 6.07) is 4.57. The van der Waals surface area contributed by atoms with Gasteiger partial charge < -0.3 is 0 Å². The van der Waals surface area contributed by atoms with E-state index in [1.54, 1.807) is 0 Å². The highest BCUT2D eigenvalue weighted by Crippen LogP contribution is 2.17. The predicted octanol–water partition coefficient (Wildman–Crippen LogP) is 1.81. The molecule has 1 aliphatic heterocycles. The predicted molar refractivity (Wildman–Crippen MR) is 75.5 cm³/mol. The van der Waals surface area contributed by atoms with E-state index in [2.05, 4.69) is 33.8 Å². The fraction of sp³-hybridized carbons (Fsp3) is 0.600. The molecular formula is C15H22N4. The summed E-state index contributed by atoms with van der Waals surface area (Å²) >= 11 is 0. The summed E-state index contributed by atoms with van der Waals surface area (Å²) in [5.74, 6) is 0. The zero-order valence-corrected chi connectivity index (χ0v) is 12.1. The minimum atomic E-state index is -0.350. The molecular weight excluding hydrogens is 236 g/mol. The van der Waals surface area contributed by atoms with Crippen molar-refractivity contribution < 1.29 is 0 Å². The van der Waals surface area contributed by atoms with Crippen LogP contribution in [0.4, 0.5) is 0 Å². The molecule has 1 aliphatic rings. The zero-order valence-electron chi connectivity index (χ0n) is 12.1. The topological polar surface area (TPSA) is 43.2 Å². The monoisotopic (exact) mass is 258 g/mol. The number of hydrogen-bond donors (Lipinski definition) is 0. The largest absolute Gasteiger partial charge is 0.296 e. The van der Waals surface area contributed by atoms with E-state index in [0.717, 1.165) is 32.7 Å². The van der Waals surface area contributed by atoms with Crippen LogP contribution in [0.5, 0.6) is 0 Å². The average molecular weight is 258 g/mol. The van der Waals surface area contributed by atoms with Gasteiger partial charge in [-0.1, -0.05) is 6.07 Å². The van der Waals surface area contributed by atoms with Gasteiger partial charge in [0.2, 0.25) is 0 Å². The number of nitriles is 1. The van der Waals surface area contributed by atoms with Crippen molar-refractivity contribution in [1.82, 2.24) is 14.8 Å². The second-order valence-electron chi connectivity index (χ2n) is 5.80. The number of nitrogens with zero attached hydrogens (tertiary/aromatic N) is 4. The lowest BCUT2D eigenvalue weighted by Crippen LogP contribution is -2.53. The Labute approximate surface area is 115 Å². The highest BCUT2D eigenvalue weighted by Gasteiger charge is 2.29. The van der Waals surface area contributed by atoms with Crippen molar-refractivity contribution in [3.63, 3.8) is 0 Å². The minimum absolute atomic E-state index is 0.350. The summed E-state index contributed by atoms with van der Waals surface area (Å²) in [5, 5.41) is 9.16. The van der Waals surface area contributed by atoms with Crippen LogP contribution in [0.25, 0.3) is 0 Å². The van der Waals surface area contributed by atoms with Crippen molar-refractivity contribution in [3.8, 4) is 6.07 Å². The lowest BCUT2D eigenvalue weighted by molar-refractivity contribution is 0.0763. The third-order valence-corrected chi connectivity index (χ3v) is 3.77. The molecule has 0 atom stereocenters. The molecule has 1 aromatic rings. The Morgan fingerprint density at radius 1 is 1.26 bits per heavy atom. The lowest BCUT2D eigenvalue weighted by atomic mass is 10.0. The van der Waals surface area contributed by atoms with Gasteiger partial charge >= 0.3 is 0 Å². The van der Waals surface area contributed by atoms with Crippen LogP contribution >= 0.6 is 0 Å². The van der Waals surface area contributed by atoms with Gasteiger partial charge in [0.15, 0.2) is 0 Å². The van der Waals surface area contributed by atoms with Crippen LogP contribution in [-0.2, 0) is 6.54 Å². The van der Waals surface area contributed by atoms with E-state index >= 15 is 0 Å². The molecule has 0 spiro atoms. The number of piperazine rings is 1. The van der Waals surface area contributed by atoms with Crippen LogP contribution < -0.4 is 0 Å². The van der Waals surface area contributed by atoms with Crippen molar-refractivity contribution in [2.45, 2.75) is 32.9 Å². The minimum Gasteiger partial charge on any atom is -0.296 e. The first-order valence-electron chi connectivity index (χ1n) is 6.80. The molecule has 2 rings (SSSR count). The molecule has 0 N–H and O–H groups in total. The van der Waals surface area contributed by atoms with Gasteiger partial charge in [-0.05, 0) is 31.9 Å². The van der Waals surface area contributed by atoms with Crippen LogP contribution in [0.15, 0.2) is 18.5 Å². The Kier molecular flexibility index (Phi) is 4.18. The van der Waals surface area contributed by atoms with Gasteiger partial charge in [-0.3, -0.25) is 14.8 Å². The highest BCUT2D eigenvalue weighted by atomic mass is 15.3. The summed E-state index contributed by atoms with van der Waals surface area (Å²) in [6.07, 6.45) is 3.83. The van der Waals surface area contributed by atoms with Gasteiger partial charge in [-0.15, -0.1) is 0 Å². The highest BCUT2D eigenvalue weighted by molar-refractivity contribution is 5.16. The molecule has 0 saturated carbocycles. The molecule has 19 heavy (non-hydrogen) atoms. The van der Waals surface area contributed by atoms with Gasteiger partial charge in [0.1, 0.15) is 5.54 Å². The smallest absolute Gasteiger partial charge is 0.103 e. The molecule has 0 bridgehead atoms. The number of rotatable bonds is 3. The third-order valence-electron chi connectivity index (χ3n) is 3.77. The van der Waals surface area contributed by atoms with Crippen LogP contribution in [0.2, 0.25) is 0 Å². The van der Waals surface area contributed by atoms with Crippen molar-refractivity contribution in [2.24, 2.45) is 0 Å². The van der Waals surface area contributed by atoms with Crippen molar-refractivity contribution in [1.29, 1.82) is 5.26 Å². The Bertz CT molecular complexity index is 467. The Hall–Kier alpha value is -1.44.